The van der Waals surface area contributed by atoms with E-state index in [1.807, 2.05) is 24.3 Å². The molecule has 1 saturated carbocycles. The molecule has 2 N–H and O–H groups in total. The fraction of sp³-hybridized carbons (Fsp3) is 0.273. The number of rotatable bonds is 4. The SMILES string of the molecule is C#C[C@@H]1CCC[C@@H]1c1ccc(NC(=O)c2cccc(C(=O)NC)c2)cc1. The Hall–Kier alpha value is -3.06. The van der Waals surface area contributed by atoms with Gasteiger partial charge in [0.25, 0.3) is 11.8 Å². The van der Waals surface area contributed by atoms with Crippen LogP contribution in [-0.4, -0.2) is 18.9 Å². The van der Waals surface area contributed by atoms with Crippen molar-refractivity contribution in [2.45, 2.75) is 25.2 Å². The Morgan fingerprint density at radius 1 is 1.04 bits per heavy atom. The first-order chi connectivity index (χ1) is 12.6. The van der Waals surface area contributed by atoms with Crippen molar-refractivity contribution in [3.8, 4) is 12.3 Å². The van der Waals surface area contributed by atoms with E-state index < -0.39 is 0 Å². The molecular formula is C22H22N2O2. The maximum absolute atomic E-state index is 12.4. The molecule has 0 saturated heterocycles. The Kier molecular flexibility index (Phi) is 5.38. The number of carbonyl (C=O) groups excluding carboxylic acids is 2. The third kappa shape index (κ3) is 3.78. The zero-order chi connectivity index (χ0) is 18.5. The fourth-order valence-electron chi connectivity index (χ4n) is 3.52. The molecule has 2 aromatic carbocycles. The Morgan fingerprint density at radius 2 is 1.73 bits per heavy atom. The van der Waals surface area contributed by atoms with E-state index >= 15 is 0 Å². The number of amides is 2. The van der Waals surface area contributed by atoms with Crippen molar-refractivity contribution in [3.63, 3.8) is 0 Å². The molecule has 26 heavy (non-hydrogen) atoms. The molecule has 0 spiro atoms. The lowest BCUT2D eigenvalue weighted by Gasteiger charge is -2.15. The number of hydrogen-bond acceptors (Lipinski definition) is 2. The number of carbonyl (C=O) groups is 2. The maximum Gasteiger partial charge on any atom is 0.255 e. The van der Waals surface area contributed by atoms with Gasteiger partial charge in [-0.15, -0.1) is 12.3 Å². The van der Waals surface area contributed by atoms with Crippen LogP contribution in [0.4, 0.5) is 5.69 Å². The largest absolute Gasteiger partial charge is 0.355 e. The van der Waals surface area contributed by atoms with Crippen LogP contribution >= 0.6 is 0 Å². The molecule has 2 atom stereocenters. The molecule has 1 aliphatic carbocycles. The summed E-state index contributed by atoms with van der Waals surface area (Å²) in [5, 5.41) is 5.43. The summed E-state index contributed by atoms with van der Waals surface area (Å²) >= 11 is 0. The molecule has 0 aromatic heterocycles. The summed E-state index contributed by atoms with van der Waals surface area (Å²) in [6.45, 7) is 0. The van der Waals surface area contributed by atoms with Crippen molar-refractivity contribution in [1.29, 1.82) is 0 Å². The van der Waals surface area contributed by atoms with Crippen molar-refractivity contribution in [2.75, 3.05) is 12.4 Å². The molecule has 2 amide bonds. The molecular weight excluding hydrogens is 324 g/mol. The summed E-state index contributed by atoms with van der Waals surface area (Å²) in [6.07, 6.45) is 9.00. The second-order valence-corrected chi connectivity index (χ2v) is 6.55. The highest BCUT2D eigenvalue weighted by Crippen LogP contribution is 2.39. The lowest BCUT2D eigenvalue weighted by Crippen LogP contribution is -2.19. The Labute approximate surface area is 154 Å². The minimum absolute atomic E-state index is 0.219. The molecule has 132 valence electrons. The van der Waals surface area contributed by atoms with Crippen LogP contribution in [0.25, 0.3) is 0 Å². The summed E-state index contributed by atoms with van der Waals surface area (Å²) in [4.78, 5) is 24.2. The normalized spacial score (nSPS) is 18.8. The van der Waals surface area contributed by atoms with E-state index in [4.69, 9.17) is 6.42 Å². The first-order valence-corrected chi connectivity index (χ1v) is 8.82. The number of anilines is 1. The standard InChI is InChI=1S/C22H22N2O2/c1-3-15-6-5-9-20(15)16-10-12-19(13-11-16)24-22(26)18-8-4-7-17(14-18)21(25)23-2/h1,4,7-8,10-15,20H,5-6,9H2,2H3,(H,23,25)(H,24,26)/t15-,20+/m1/s1. The van der Waals surface area contributed by atoms with Crippen LogP contribution in [0.1, 0.15) is 51.5 Å². The van der Waals surface area contributed by atoms with Crippen molar-refractivity contribution < 1.29 is 9.59 Å². The average Bonchev–Trinajstić information content (AvgIpc) is 3.17. The van der Waals surface area contributed by atoms with Crippen LogP contribution in [0, 0.1) is 18.3 Å². The average molecular weight is 346 g/mol. The third-order valence-corrected chi connectivity index (χ3v) is 4.94. The molecule has 0 heterocycles. The van der Waals surface area contributed by atoms with Gasteiger partial charge in [0.1, 0.15) is 0 Å². The van der Waals surface area contributed by atoms with E-state index in [-0.39, 0.29) is 11.8 Å². The van der Waals surface area contributed by atoms with Crippen LogP contribution < -0.4 is 10.6 Å². The van der Waals surface area contributed by atoms with Gasteiger partial charge >= 0.3 is 0 Å². The van der Waals surface area contributed by atoms with Gasteiger partial charge in [-0.3, -0.25) is 9.59 Å². The van der Waals surface area contributed by atoms with Gasteiger partial charge in [-0.05, 0) is 54.7 Å². The van der Waals surface area contributed by atoms with Gasteiger partial charge in [-0.25, -0.2) is 0 Å². The summed E-state index contributed by atoms with van der Waals surface area (Å²) in [6, 6.07) is 14.5. The smallest absolute Gasteiger partial charge is 0.255 e. The Balaban J connectivity index is 1.70. The van der Waals surface area contributed by atoms with Crippen molar-refractivity contribution in [3.05, 3.63) is 65.2 Å². The summed E-state index contributed by atoms with van der Waals surface area (Å²) in [5.41, 5.74) is 2.85. The highest BCUT2D eigenvalue weighted by molar-refractivity contribution is 6.06. The highest BCUT2D eigenvalue weighted by Gasteiger charge is 2.26. The van der Waals surface area contributed by atoms with Gasteiger partial charge in [-0.2, -0.15) is 0 Å². The monoisotopic (exact) mass is 346 g/mol. The first-order valence-electron chi connectivity index (χ1n) is 8.82. The zero-order valence-corrected chi connectivity index (χ0v) is 14.8. The predicted octanol–water partition coefficient (Wildman–Crippen LogP) is 3.82. The molecule has 2 aromatic rings. The molecule has 1 aliphatic rings. The summed E-state index contributed by atoms with van der Waals surface area (Å²) in [7, 11) is 1.56. The van der Waals surface area contributed by atoms with Gasteiger partial charge < -0.3 is 10.6 Å². The van der Waals surface area contributed by atoms with Gasteiger partial charge in [0.15, 0.2) is 0 Å². The number of benzene rings is 2. The molecule has 3 rings (SSSR count). The van der Waals surface area contributed by atoms with E-state index in [1.165, 1.54) is 12.0 Å². The second-order valence-electron chi connectivity index (χ2n) is 6.55. The van der Waals surface area contributed by atoms with Crippen LogP contribution in [0.15, 0.2) is 48.5 Å². The number of terminal acetylenes is 1. The molecule has 0 aliphatic heterocycles. The van der Waals surface area contributed by atoms with E-state index in [9.17, 15) is 9.59 Å². The van der Waals surface area contributed by atoms with Crippen LogP contribution in [0.2, 0.25) is 0 Å². The molecule has 0 radical (unpaired) electrons. The van der Waals surface area contributed by atoms with Crippen molar-refractivity contribution in [1.82, 2.24) is 5.32 Å². The first kappa shape index (κ1) is 17.8. The predicted molar refractivity (Wildman–Crippen MR) is 103 cm³/mol. The molecule has 4 nitrogen and oxygen atoms in total. The molecule has 1 fully saturated rings. The fourth-order valence-corrected chi connectivity index (χ4v) is 3.52. The summed E-state index contributed by atoms with van der Waals surface area (Å²) < 4.78 is 0. The topological polar surface area (TPSA) is 58.2 Å². The van der Waals surface area contributed by atoms with E-state index in [1.54, 1.807) is 31.3 Å². The number of nitrogens with one attached hydrogen (secondary N) is 2. The van der Waals surface area contributed by atoms with Gasteiger partial charge in [-0.1, -0.05) is 24.6 Å². The quantitative estimate of drug-likeness (QED) is 0.827. The minimum atomic E-state index is -0.245. The Morgan fingerprint density at radius 3 is 2.38 bits per heavy atom. The second kappa shape index (κ2) is 7.88. The van der Waals surface area contributed by atoms with E-state index in [0.29, 0.717) is 23.0 Å². The molecule has 0 bridgehead atoms. The van der Waals surface area contributed by atoms with E-state index in [0.717, 1.165) is 18.5 Å². The highest BCUT2D eigenvalue weighted by atomic mass is 16.2. The third-order valence-electron chi connectivity index (χ3n) is 4.94. The Bertz CT molecular complexity index is 849. The van der Waals surface area contributed by atoms with Crippen LogP contribution in [-0.2, 0) is 0 Å². The van der Waals surface area contributed by atoms with Crippen LogP contribution in [0.5, 0.6) is 0 Å². The lowest BCUT2D eigenvalue weighted by atomic mass is 9.89. The van der Waals surface area contributed by atoms with E-state index in [2.05, 4.69) is 16.6 Å². The lowest BCUT2D eigenvalue weighted by molar-refractivity contribution is 0.0963. The van der Waals surface area contributed by atoms with Crippen LogP contribution in [0.3, 0.4) is 0 Å². The van der Waals surface area contributed by atoms with Gasteiger partial charge in [0.05, 0.1) is 0 Å². The van der Waals surface area contributed by atoms with Gasteiger partial charge in [0, 0.05) is 29.8 Å². The molecule has 4 heteroatoms. The minimum Gasteiger partial charge on any atom is -0.355 e. The van der Waals surface area contributed by atoms with Crippen molar-refractivity contribution >= 4 is 17.5 Å². The molecule has 0 unspecified atom stereocenters. The maximum atomic E-state index is 12.4. The van der Waals surface area contributed by atoms with Gasteiger partial charge in [0.2, 0.25) is 0 Å². The summed E-state index contributed by atoms with van der Waals surface area (Å²) in [5.74, 6) is 3.15. The van der Waals surface area contributed by atoms with Crippen molar-refractivity contribution in [2.24, 2.45) is 5.92 Å². The number of hydrogen-bond donors (Lipinski definition) is 2. The zero-order valence-electron chi connectivity index (χ0n) is 14.8.